The molecule has 1 aromatic heterocycles. The number of nitrogens with one attached hydrogen (secondary N) is 1. The molecular formula is C20H32N4O. The van der Waals surface area contributed by atoms with Gasteiger partial charge in [-0.3, -0.25) is 0 Å². The van der Waals surface area contributed by atoms with Crippen LogP contribution in [0.25, 0.3) is 0 Å². The first-order valence-electron chi connectivity index (χ1n) is 9.99. The van der Waals surface area contributed by atoms with Crippen LogP contribution in [0.4, 0.5) is 10.6 Å². The molecule has 0 bridgehead atoms. The van der Waals surface area contributed by atoms with Crippen LogP contribution >= 0.6 is 0 Å². The van der Waals surface area contributed by atoms with Crippen LogP contribution < -0.4 is 10.2 Å². The van der Waals surface area contributed by atoms with Crippen LogP contribution in [0, 0.1) is 5.92 Å². The highest BCUT2D eigenvalue weighted by atomic mass is 16.2. The van der Waals surface area contributed by atoms with E-state index in [2.05, 4.69) is 34.3 Å². The normalized spacial score (nSPS) is 17.9. The molecule has 5 nitrogen and oxygen atoms in total. The lowest BCUT2D eigenvalue weighted by Gasteiger charge is -2.23. The maximum atomic E-state index is 12.4. The van der Waals surface area contributed by atoms with Crippen LogP contribution in [-0.4, -0.2) is 42.1 Å². The lowest BCUT2D eigenvalue weighted by atomic mass is 10.2. The predicted octanol–water partition coefficient (Wildman–Crippen LogP) is 3.79. The average molecular weight is 345 g/mol. The van der Waals surface area contributed by atoms with E-state index in [0.29, 0.717) is 6.54 Å². The van der Waals surface area contributed by atoms with Crippen molar-refractivity contribution < 1.29 is 4.79 Å². The smallest absolute Gasteiger partial charge is 0.317 e. The number of urea groups is 1. The lowest BCUT2D eigenvalue weighted by molar-refractivity contribution is 0.195. The summed E-state index contributed by atoms with van der Waals surface area (Å²) in [6.07, 6.45) is 10.6. The molecule has 0 atom stereocenters. The van der Waals surface area contributed by atoms with E-state index in [1.165, 1.54) is 38.5 Å². The first-order valence-corrected chi connectivity index (χ1v) is 9.99. The van der Waals surface area contributed by atoms with Crippen molar-refractivity contribution in [1.29, 1.82) is 0 Å². The second-order valence-corrected chi connectivity index (χ2v) is 7.47. The van der Waals surface area contributed by atoms with Crippen LogP contribution in [0.3, 0.4) is 0 Å². The van der Waals surface area contributed by atoms with E-state index < -0.39 is 0 Å². The molecule has 1 saturated heterocycles. The molecule has 1 aromatic rings. The highest BCUT2D eigenvalue weighted by Gasteiger charge is 2.26. The van der Waals surface area contributed by atoms with Crippen molar-refractivity contribution in [1.82, 2.24) is 15.2 Å². The van der Waals surface area contributed by atoms with E-state index >= 15 is 0 Å². The Kier molecular flexibility index (Phi) is 6.54. The number of carbonyl (C=O) groups is 1. The molecule has 0 spiro atoms. The summed E-state index contributed by atoms with van der Waals surface area (Å²) in [5, 5.41) is 3.06. The van der Waals surface area contributed by atoms with E-state index in [1.54, 1.807) is 0 Å². The number of anilines is 1. The van der Waals surface area contributed by atoms with Gasteiger partial charge in [-0.15, -0.1) is 0 Å². The zero-order valence-corrected chi connectivity index (χ0v) is 15.5. The zero-order valence-electron chi connectivity index (χ0n) is 15.5. The molecule has 1 aliphatic carbocycles. The monoisotopic (exact) mass is 344 g/mol. The quantitative estimate of drug-likeness (QED) is 0.818. The maximum absolute atomic E-state index is 12.4. The summed E-state index contributed by atoms with van der Waals surface area (Å²) in [4.78, 5) is 21.4. The molecule has 5 heteroatoms. The number of amides is 2. The molecule has 138 valence electrons. The Hall–Kier alpha value is -1.78. The molecule has 25 heavy (non-hydrogen) atoms. The van der Waals surface area contributed by atoms with Crippen molar-refractivity contribution in [2.45, 2.75) is 58.4 Å². The van der Waals surface area contributed by atoms with Gasteiger partial charge in [-0.05, 0) is 49.7 Å². The summed E-state index contributed by atoms with van der Waals surface area (Å²) in [5.74, 6) is 1.80. The van der Waals surface area contributed by atoms with Crippen LogP contribution in [0.2, 0.25) is 0 Å². The van der Waals surface area contributed by atoms with Gasteiger partial charge in [0.25, 0.3) is 0 Å². The number of pyridine rings is 1. The summed E-state index contributed by atoms with van der Waals surface area (Å²) >= 11 is 0. The molecule has 0 radical (unpaired) electrons. The van der Waals surface area contributed by atoms with Gasteiger partial charge in [-0.1, -0.05) is 25.8 Å². The minimum atomic E-state index is 0.0605. The van der Waals surface area contributed by atoms with E-state index in [9.17, 15) is 4.79 Å². The standard InChI is InChI=1S/C20H32N4O/c1-2-11-24(16-17-7-8-17)20(25)22-15-18-9-10-19(21-14-18)23-12-5-3-4-6-13-23/h9-10,14,17H,2-8,11-13,15-16H2,1H3,(H,22,25). The Morgan fingerprint density at radius 3 is 2.60 bits per heavy atom. The largest absolute Gasteiger partial charge is 0.357 e. The minimum Gasteiger partial charge on any atom is -0.357 e. The van der Waals surface area contributed by atoms with Crippen molar-refractivity contribution in [2.75, 3.05) is 31.1 Å². The Labute approximate surface area is 151 Å². The molecule has 3 rings (SSSR count). The Morgan fingerprint density at radius 1 is 1.24 bits per heavy atom. The molecule has 1 N–H and O–H groups in total. The highest BCUT2D eigenvalue weighted by molar-refractivity contribution is 5.74. The van der Waals surface area contributed by atoms with Crippen molar-refractivity contribution in [3.63, 3.8) is 0 Å². The molecular weight excluding hydrogens is 312 g/mol. The fourth-order valence-electron chi connectivity index (χ4n) is 3.46. The van der Waals surface area contributed by atoms with Crippen LogP contribution in [0.1, 0.15) is 57.4 Å². The average Bonchev–Trinajstić information content (AvgIpc) is 3.46. The molecule has 2 heterocycles. The summed E-state index contributed by atoms with van der Waals surface area (Å²) in [6, 6.07) is 4.25. The Bertz CT molecular complexity index is 533. The molecule has 1 aliphatic heterocycles. The van der Waals surface area contributed by atoms with Crippen LogP contribution in [0.15, 0.2) is 18.3 Å². The van der Waals surface area contributed by atoms with Crippen molar-refractivity contribution >= 4 is 11.8 Å². The first-order chi connectivity index (χ1) is 12.3. The number of rotatable bonds is 7. The van der Waals surface area contributed by atoms with Gasteiger partial charge in [0.15, 0.2) is 0 Å². The predicted molar refractivity (Wildman–Crippen MR) is 102 cm³/mol. The van der Waals surface area contributed by atoms with E-state index in [0.717, 1.165) is 49.9 Å². The third-order valence-electron chi connectivity index (χ3n) is 5.14. The van der Waals surface area contributed by atoms with Crippen LogP contribution in [-0.2, 0) is 6.54 Å². The van der Waals surface area contributed by atoms with Gasteiger partial charge in [-0.25, -0.2) is 9.78 Å². The van der Waals surface area contributed by atoms with Gasteiger partial charge in [0.1, 0.15) is 5.82 Å². The zero-order chi connectivity index (χ0) is 17.5. The summed E-state index contributed by atoms with van der Waals surface area (Å²) < 4.78 is 0. The minimum absolute atomic E-state index is 0.0605. The number of hydrogen-bond donors (Lipinski definition) is 1. The van der Waals surface area contributed by atoms with Gasteiger partial charge >= 0.3 is 6.03 Å². The van der Waals surface area contributed by atoms with Gasteiger partial charge in [-0.2, -0.15) is 0 Å². The number of carbonyl (C=O) groups excluding carboxylic acids is 1. The molecule has 0 aromatic carbocycles. The summed E-state index contributed by atoms with van der Waals surface area (Å²) in [7, 11) is 0. The van der Waals surface area contributed by atoms with E-state index in [1.807, 2.05) is 11.1 Å². The molecule has 0 unspecified atom stereocenters. The summed E-state index contributed by atoms with van der Waals surface area (Å²) in [5.41, 5.74) is 1.06. The van der Waals surface area contributed by atoms with Gasteiger partial charge < -0.3 is 15.1 Å². The third-order valence-corrected chi connectivity index (χ3v) is 5.14. The molecule has 2 fully saturated rings. The van der Waals surface area contributed by atoms with Crippen molar-refractivity contribution in [2.24, 2.45) is 5.92 Å². The maximum Gasteiger partial charge on any atom is 0.317 e. The van der Waals surface area contributed by atoms with Gasteiger partial charge in [0, 0.05) is 38.9 Å². The van der Waals surface area contributed by atoms with E-state index in [4.69, 9.17) is 0 Å². The highest BCUT2D eigenvalue weighted by Crippen LogP contribution is 2.29. The fourth-order valence-corrected chi connectivity index (χ4v) is 3.46. The molecule has 1 saturated carbocycles. The number of hydrogen-bond acceptors (Lipinski definition) is 3. The second-order valence-electron chi connectivity index (χ2n) is 7.47. The number of nitrogens with zero attached hydrogens (tertiary/aromatic N) is 3. The third kappa shape index (κ3) is 5.62. The Balaban J connectivity index is 1.49. The van der Waals surface area contributed by atoms with Crippen molar-refractivity contribution in [3.8, 4) is 0 Å². The van der Waals surface area contributed by atoms with Gasteiger partial charge in [0.2, 0.25) is 0 Å². The summed E-state index contributed by atoms with van der Waals surface area (Å²) in [6.45, 7) is 6.64. The van der Waals surface area contributed by atoms with Crippen molar-refractivity contribution in [3.05, 3.63) is 23.9 Å². The molecule has 2 amide bonds. The van der Waals surface area contributed by atoms with E-state index in [-0.39, 0.29) is 6.03 Å². The lowest BCUT2D eigenvalue weighted by Crippen LogP contribution is -2.41. The fraction of sp³-hybridized carbons (Fsp3) is 0.700. The Morgan fingerprint density at radius 2 is 2.00 bits per heavy atom. The van der Waals surface area contributed by atoms with Crippen LogP contribution in [0.5, 0.6) is 0 Å². The van der Waals surface area contributed by atoms with Gasteiger partial charge in [0.05, 0.1) is 0 Å². The number of aromatic nitrogens is 1. The second kappa shape index (κ2) is 9.07. The molecule has 2 aliphatic rings. The topological polar surface area (TPSA) is 48.5 Å². The first kappa shape index (κ1) is 18.0. The SMILES string of the molecule is CCCN(CC1CC1)C(=O)NCc1ccc(N2CCCCCC2)nc1.